The standard InChI is InChI=1S/C22H24N4O/c1-17-7-10-24-21(13-17)25-16-20(15-23)22(27)26-11-8-19(9-12-26)14-18-5-3-2-4-6-18/h2-7,10,13,16,19H,8-9,11-12,14H2,1H3,(H,24,25)/b20-16-. The number of hydrogen-bond acceptors (Lipinski definition) is 4. The number of nitrogens with zero attached hydrogens (tertiary/aromatic N) is 3. The summed E-state index contributed by atoms with van der Waals surface area (Å²) in [5.74, 6) is 0.994. The lowest BCUT2D eigenvalue weighted by Gasteiger charge is -2.32. The minimum absolute atomic E-state index is 0.111. The molecule has 0 radical (unpaired) electrons. The van der Waals surface area contributed by atoms with Crippen LogP contribution in [0.2, 0.25) is 0 Å². The molecule has 0 atom stereocenters. The normalized spacial score (nSPS) is 15.3. The molecular weight excluding hydrogens is 336 g/mol. The van der Waals surface area contributed by atoms with Crippen molar-refractivity contribution in [2.45, 2.75) is 26.2 Å². The quantitative estimate of drug-likeness (QED) is 0.652. The number of amides is 1. The van der Waals surface area contributed by atoms with E-state index in [1.807, 2.05) is 31.2 Å². The molecule has 27 heavy (non-hydrogen) atoms. The van der Waals surface area contributed by atoms with Crippen LogP contribution < -0.4 is 5.32 Å². The fraction of sp³-hybridized carbons (Fsp3) is 0.318. The molecule has 1 aliphatic heterocycles. The largest absolute Gasteiger partial charge is 0.345 e. The van der Waals surface area contributed by atoms with E-state index in [-0.39, 0.29) is 11.5 Å². The highest BCUT2D eigenvalue weighted by Crippen LogP contribution is 2.22. The Morgan fingerprint density at radius 3 is 2.70 bits per heavy atom. The van der Waals surface area contributed by atoms with Gasteiger partial charge in [-0.1, -0.05) is 30.3 Å². The smallest absolute Gasteiger partial charge is 0.266 e. The number of pyridine rings is 1. The number of nitrogens with one attached hydrogen (secondary N) is 1. The van der Waals surface area contributed by atoms with Gasteiger partial charge in [-0.05, 0) is 55.4 Å². The molecule has 0 saturated carbocycles. The third kappa shape index (κ3) is 5.18. The van der Waals surface area contributed by atoms with E-state index in [4.69, 9.17) is 0 Å². The number of carbonyl (C=O) groups is 1. The number of hydrogen-bond donors (Lipinski definition) is 1. The molecule has 0 bridgehead atoms. The Morgan fingerprint density at radius 2 is 2.04 bits per heavy atom. The summed E-state index contributed by atoms with van der Waals surface area (Å²) in [5, 5.41) is 12.3. The van der Waals surface area contributed by atoms with E-state index in [2.05, 4.69) is 34.6 Å². The van der Waals surface area contributed by atoms with Gasteiger partial charge in [0.2, 0.25) is 0 Å². The third-order valence-corrected chi connectivity index (χ3v) is 4.90. The van der Waals surface area contributed by atoms with Crippen molar-refractivity contribution in [3.63, 3.8) is 0 Å². The van der Waals surface area contributed by atoms with Crippen molar-refractivity contribution >= 4 is 11.7 Å². The van der Waals surface area contributed by atoms with Gasteiger partial charge in [0.25, 0.3) is 5.91 Å². The first-order valence-electron chi connectivity index (χ1n) is 9.28. The number of carbonyl (C=O) groups excluding carboxylic acids is 1. The van der Waals surface area contributed by atoms with Crippen molar-refractivity contribution < 1.29 is 4.79 Å². The van der Waals surface area contributed by atoms with Crippen LogP contribution in [-0.4, -0.2) is 28.9 Å². The minimum atomic E-state index is -0.212. The zero-order valence-electron chi connectivity index (χ0n) is 15.6. The monoisotopic (exact) mass is 360 g/mol. The molecule has 0 aliphatic carbocycles. The van der Waals surface area contributed by atoms with Crippen LogP contribution in [0.25, 0.3) is 0 Å². The van der Waals surface area contributed by atoms with Gasteiger partial charge in [-0.2, -0.15) is 5.26 Å². The van der Waals surface area contributed by atoms with E-state index in [1.165, 1.54) is 11.8 Å². The van der Waals surface area contributed by atoms with E-state index in [9.17, 15) is 10.1 Å². The molecular formula is C22H24N4O. The second-order valence-corrected chi connectivity index (χ2v) is 6.96. The zero-order valence-corrected chi connectivity index (χ0v) is 15.6. The SMILES string of the molecule is Cc1ccnc(N/C=C(/C#N)C(=O)N2CCC(Cc3ccccc3)CC2)c1. The minimum Gasteiger partial charge on any atom is -0.345 e. The summed E-state index contributed by atoms with van der Waals surface area (Å²) in [4.78, 5) is 18.6. The maximum atomic E-state index is 12.7. The Labute approximate surface area is 160 Å². The van der Waals surface area contributed by atoms with Gasteiger partial charge in [-0.15, -0.1) is 0 Å². The second kappa shape index (κ2) is 9.00. The van der Waals surface area contributed by atoms with Crippen molar-refractivity contribution in [1.82, 2.24) is 9.88 Å². The number of nitriles is 1. The average Bonchev–Trinajstić information content (AvgIpc) is 2.70. The van der Waals surface area contributed by atoms with E-state index in [1.54, 1.807) is 11.1 Å². The highest BCUT2D eigenvalue weighted by atomic mass is 16.2. The number of anilines is 1. The van der Waals surface area contributed by atoms with Crippen LogP contribution in [0.1, 0.15) is 24.0 Å². The van der Waals surface area contributed by atoms with Crippen molar-refractivity contribution in [1.29, 1.82) is 5.26 Å². The third-order valence-electron chi connectivity index (χ3n) is 4.90. The van der Waals surface area contributed by atoms with Crippen LogP contribution >= 0.6 is 0 Å². The summed E-state index contributed by atoms with van der Waals surface area (Å²) < 4.78 is 0. The molecule has 1 N–H and O–H groups in total. The Bertz CT molecular complexity index is 846. The Kier molecular flexibility index (Phi) is 6.22. The molecule has 5 nitrogen and oxygen atoms in total. The molecule has 0 unspecified atom stereocenters. The Balaban J connectivity index is 1.55. The van der Waals surface area contributed by atoms with E-state index in [0.717, 1.165) is 24.8 Å². The summed E-state index contributed by atoms with van der Waals surface area (Å²) in [6.45, 7) is 3.35. The molecule has 0 spiro atoms. The molecule has 138 valence electrons. The van der Waals surface area contributed by atoms with Crippen molar-refractivity contribution in [3.05, 3.63) is 71.6 Å². The first-order valence-corrected chi connectivity index (χ1v) is 9.28. The molecule has 1 aromatic heterocycles. The highest BCUT2D eigenvalue weighted by molar-refractivity contribution is 5.97. The van der Waals surface area contributed by atoms with Crippen LogP contribution in [0, 0.1) is 24.2 Å². The molecule has 2 aromatic rings. The van der Waals surface area contributed by atoms with E-state index < -0.39 is 0 Å². The fourth-order valence-electron chi connectivity index (χ4n) is 3.36. The lowest BCUT2D eigenvalue weighted by atomic mass is 9.90. The van der Waals surface area contributed by atoms with Gasteiger partial charge in [0.15, 0.2) is 0 Å². The predicted molar refractivity (Wildman–Crippen MR) is 106 cm³/mol. The lowest BCUT2D eigenvalue weighted by molar-refractivity contribution is -0.128. The van der Waals surface area contributed by atoms with Gasteiger partial charge in [0.05, 0.1) is 0 Å². The summed E-state index contributed by atoms with van der Waals surface area (Å²) in [6, 6.07) is 16.2. The van der Waals surface area contributed by atoms with E-state index >= 15 is 0 Å². The number of benzene rings is 1. The maximum Gasteiger partial charge on any atom is 0.266 e. The summed E-state index contributed by atoms with van der Waals surface area (Å²) in [6.07, 6.45) is 6.12. The zero-order chi connectivity index (χ0) is 19.1. The molecule has 5 heteroatoms. The molecule has 1 aliphatic rings. The first kappa shape index (κ1) is 18.7. The highest BCUT2D eigenvalue weighted by Gasteiger charge is 2.25. The average molecular weight is 360 g/mol. The maximum absolute atomic E-state index is 12.7. The van der Waals surface area contributed by atoms with Crippen molar-refractivity contribution in [3.8, 4) is 6.07 Å². The van der Waals surface area contributed by atoms with Crippen LogP contribution in [0.15, 0.2) is 60.4 Å². The predicted octanol–water partition coefficient (Wildman–Crippen LogP) is 3.69. The van der Waals surface area contributed by atoms with Gasteiger partial charge in [-0.25, -0.2) is 4.98 Å². The van der Waals surface area contributed by atoms with Crippen molar-refractivity contribution in [2.24, 2.45) is 5.92 Å². The van der Waals surface area contributed by atoms with Crippen LogP contribution in [-0.2, 0) is 11.2 Å². The summed E-state index contributed by atoms with van der Waals surface area (Å²) in [7, 11) is 0. The molecule has 3 rings (SSSR count). The molecule has 1 amide bonds. The molecule has 1 fully saturated rings. The second-order valence-electron chi connectivity index (χ2n) is 6.96. The number of likely N-dealkylation sites (tertiary alicyclic amines) is 1. The number of aromatic nitrogens is 1. The Hall–Kier alpha value is -3.13. The number of rotatable bonds is 5. The topological polar surface area (TPSA) is 69.0 Å². The summed E-state index contributed by atoms with van der Waals surface area (Å²) >= 11 is 0. The lowest BCUT2D eigenvalue weighted by Crippen LogP contribution is -2.39. The van der Waals surface area contributed by atoms with Gasteiger partial charge >= 0.3 is 0 Å². The van der Waals surface area contributed by atoms with Crippen LogP contribution in [0.4, 0.5) is 5.82 Å². The van der Waals surface area contributed by atoms with Crippen LogP contribution in [0.5, 0.6) is 0 Å². The Morgan fingerprint density at radius 1 is 1.30 bits per heavy atom. The number of aryl methyl sites for hydroxylation is 1. The molecule has 1 aromatic carbocycles. The molecule has 2 heterocycles. The van der Waals surface area contributed by atoms with Gasteiger partial charge in [0, 0.05) is 25.5 Å². The van der Waals surface area contributed by atoms with Gasteiger partial charge in [0.1, 0.15) is 17.5 Å². The van der Waals surface area contributed by atoms with Crippen LogP contribution in [0.3, 0.4) is 0 Å². The molecule has 1 saturated heterocycles. The fourth-order valence-corrected chi connectivity index (χ4v) is 3.36. The van der Waals surface area contributed by atoms with Gasteiger partial charge < -0.3 is 10.2 Å². The number of piperidine rings is 1. The first-order chi connectivity index (χ1) is 13.2. The van der Waals surface area contributed by atoms with Crippen molar-refractivity contribution in [2.75, 3.05) is 18.4 Å². The van der Waals surface area contributed by atoms with Gasteiger partial charge in [-0.3, -0.25) is 4.79 Å². The summed E-state index contributed by atoms with van der Waals surface area (Å²) in [5.41, 5.74) is 2.51. The van der Waals surface area contributed by atoms with E-state index in [0.29, 0.717) is 24.8 Å².